The van der Waals surface area contributed by atoms with Gasteiger partial charge in [0.05, 0.1) is 13.0 Å². The number of unbranched alkanes of at least 4 members (excludes halogenated alkanes) is 40. The Morgan fingerprint density at radius 3 is 0.797 bits per heavy atom. The Bertz CT molecular complexity index is 1410. The van der Waals surface area contributed by atoms with Crippen molar-refractivity contribution in [2.75, 3.05) is 33.0 Å². The molecule has 14 nitrogen and oxygen atoms in total. The Morgan fingerprint density at radius 2 is 0.544 bits per heavy atom. The highest BCUT2D eigenvalue weighted by atomic mass is 16.6. The van der Waals surface area contributed by atoms with E-state index in [0.29, 0.717) is 19.3 Å². The van der Waals surface area contributed by atoms with Gasteiger partial charge in [0.1, 0.15) is 19.8 Å². The molecular weight excluding hydrogens is 999 g/mol. The van der Waals surface area contributed by atoms with Crippen molar-refractivity contribution in [1.82, 2.24) is 0 Å². The Kier molecular flexibility index (Phi) is 64.3. The smallest absolute Gasteiger partial charge is 0.306 e. The van der Waals surface area contributed by atoms with Gasteiger partial charge < -0.3 is 28.8 Å². The lowest BCUT2D eigenvalue weighted by atomic mass is 10.1. The van der Waals surface area contributed by atoms with Crippen LogP contribution in [0.25, 0.3) is 10.4 Å². The molecule has 0 aliphatic carbocycles. The van der Waals surface area contributed by atoms with E-state index in [0.717, 1.165) is 77.0 Å². The Morgan fingerprint density at radius 1 is 0.329 bits per heavy atom. The van der Waals surface area contributed by atoms with Gasteiger partial charge in [-0.15, -0.1) is 0 Å². The van der Waals surface area contributed by atoms with Gasteiger partial charge in [0.2, 0.25) is 0 Å². The van der Waals surface area contributed by atoms with Gasteiger partial charge in [-0.1, -0.05) is 290 Å². The number of nitrogens with zero attached hydrogens (tertiary/aromatic N) is 3. The van der Waals surface area contributed by atoms with E-state index in [1.165, 1.54) is 205 Å². The molecule has 0 saturated carbocycles. The van der Waals surface area contributed by atoms with Crippen molar-refractivity contribution < 1.29 is 52.8 Å². The number of rotatable bonds is 60. The Balaban J connectivity index is 0. The van der Waals surface area contributed by atoms with Gasteiger partial charge >= 0.3 is 29.8 Å². The number of ether oxygens (including phenoxy) is 5. The zero-order valence-corrected chi connectivity index (χ0v) is 51.7. The summed E-state index contributed by atoms with van der Waals surface area (Å²) in [5.74, 6) is -1.87. The van der Waals surface area contributed by atoms with Gasteiger partial charge in [-0.25, -0.2) is 0 Å². The van der Waals surface area contributed by atoms with Crippen molar-refractivity contribution in [3.8, 4) is 0 Å². The molecule has 0 rings (SSSR count). The minimum absolute atomic E-state index is 0.00735. The first-order valence-corrected chi connectivity index (χ1v) is 33.1. The fraction of sp³-hybridized carbons (Fsp3) is 0.923. The largest absolute Gasteiger partial charge is 0.462 e. The van der Waals surface area contributed by atoms with Crippen LogP contribution >= 0.6 is 0 Å². The molecule has 0 aromatic rings. The van der Waals surface area contributed by atoms with Gasteiger partial charge in [0.15, 0.2) is 12.2 Å². The molecule has 14 heteroatoms. The number of aliphatic hydroxyl groups is 1. The summed E-state index contributed by atoms with van der Waals surface area (Å²) < 4.78 is 26.6. The quantitative estimate of drug-likeness (QED) is 0.0152. The van der Waals surface area contributed by atoms with E-state index in [1.807, 2.05) is 0 Å². The summed E-state index contributed by atoms with van der Waals surface area (Å²) in [7, 11) is 0. The zero-order valence-electron chi connectivity index (χ0n) is 51.7. The second-order valence-corrected chi connectivity index (χ2v) is 22.3. The number of esters is 5. The van der Waals surface area contributed by atoms with Crippen LogP contribution in [0.3, 0.4) is 0 Å². The molecule has 79 heavy (non-hydrogen) atoms. The van der Waals surface area contributed by atoms with Crippen LogP contribution in [0.1, 0.15) is 342 Å². The van der Waals surface area contributed by atoms with Crippen LogP contribution in [0.2, 0.25) is 0 Å². The molecule has 0 aromatic carbocycles. The molecular formula is C65H123N3O11. The molecule has 0 aliphatic heterocycles. The van der Waals surface area contributed by atoms with E-state index in [4.69, 9.17) is 29.2 Å². The average Bonchev–Trinajstić information content (AvgIpc) is 3.44. The maximum Gasteiger partial charge on any atom is 0.306 e. The molecule has 2 atom stereocenters. The first-order chi connectivity index (χ1) is 38.7. The first-order valence-electron chi connectivity index (χ1n) is 33.1. The molecule has 0 aliphatic rings. The number of hydrogen-bond acceptors (Lipinski definition) is 12. The molecule has 0 aromatic heterocycles. The molecule has 2 unspecified atom stereocenters. The van der Waals surface area contributed by atoms with Gasteiger partial charge in [-0.2, -0.15) is 0 Å². The minimum Gasteiger partial charge on any atom is -0.462 e. The summed E-state index contributed by atoms with van der Waals surface area (Å²) in [5.41, 5.74) is 8.36. The van der Waals surface area contributed by atoms with Crippen LogP contribution in [0.4, 0.5) is 0 Å². The van der Waals surface area contributed by atoms with Crippen molar-refractivity contribution in [3.63, 3.8) is 0 Å². The lowest BCUT2D eigenvalue weighted by molar-refractivity contribution is -0.166. The van der Waals surface area contributed by atoms with Crippen LogP contribution in [0.5, 0.6) is 0 Å². The van der Waals surface area contributed by atoms with Crippen LogP contribution in [-0.2, 0) is 47.7 Å². The van der Waals surface area contributed by atoms with Crippen molar-refractivity contribution >= 4 is 29.8 Å². The van der Waals surface area contributed by atoms with E-state index in [1.54, 1.807) is 0 Å². The molecule has 0 radical (unpaired) electrons. The number of aliphatic hydroxyl groups excluding tert-OH is 1. The standard InChI is InChI=1S/C34H63N3O6.C31H60O5/c1-3-5-7-9-11-13-15-17-19-21-23-25-32(38)41-29-31(30-42-33(39)27-28-36-37-35)43-34(40)26-24-22-20-18-16-14-12-10-8-6-4-2;1-3-5-7-9-11-13-15-17-19-21-23-25-30(33)35-28-29(27-32)36-31(34)26-24-22-20-18-16-14-12-10-8-6-4-2/h31H,3-30H2,1-2H3;29,32H,3-28H2,1-2H3. The van der Waals surface area contributed by atoms with Gasteiger partial charge in [0, 0.05) is 37.1 Å². The lowest BCUT2D eigenvalue weighted by Crippen LogP contribution is -2.31. The zero-order chi connectivity index (χ0) is 58.2. The lowest BCUT2D eigenvalue weighted by Gasteiger charge is -2.18. The summed E-state index contributed by atoms with van der Waals surface area (Å²) in [6, 6.07) is 0. The normalized spacial score (nSPS) is 11.7. The number of carbonyl (C=O) groups excluding carboxylic acids is 5. The highest BCUT2D eigenvalue weighted by molar-refractivity contribution is 5.71. The summed E-state index contributed by atoms with van der Waals surface area (Å²) in [5, 5.41) is 12.8. The summed E-state index contributed by atoms with van der Waals surface area (Å²) in [6.07, 6.45) is 53.2. The molecule has 464 valence electrons. The van der Waals surface area contributed by atoms with Crippen LogP contribution in [-0.4, -0.2) is 80.1 Å². The Labute approximate surface area is 483 Å². The highest BCUT2D eigenvalue weighted by Gasteiger charge is 2.20. The fourth-order valence-electron chi connectivity index (χ4n) is 9.42. The number of carbonyl (C=O) groups is 5. The third kappa shape index (κ3) is 63.7. The van der Waals surface area contributed by atoms with Crippen LogP contribution in [0, 0.1) is 0 Å². The molecule has 0 saturated heterocycles. The van der Waals surface area contributed by atoms with Crippen molar-refractivity contribution in [3.05, 3.63) is 10.4 Å². The number of hydrogen-bond donors (Lipinski definition) is 1. The predicted octanol–water partition coefficient (Wildman–Crippen LogP) is 18.9. The maximum absolute atomic E-state index is 12.4. The van der Waals surface area contributed by atoms with Gasteiger partial charge in [-0.3, -0.25) is 24.0 Å². The maximum atomic E-state index is 12.4. The molecule has 0 bridgehead atoms. The van der Waals surface area contributed by atoms with E-state index in [-0.39, 0.29) is 69.7 Å². The third-order valence-corrected chi connectivity index (χ3v) is 14.5. The van der Waals surface area contributed by atoms with Crippen molar-refractivity contribution in [1.29, 1.82) is 0 Å². The third-order valence-electron chi connectivity index (χ3n) is 14.5. The predicted molar refractivity (Wildman–Crippen MR) is 323 cm³/mol. The SMILES string of the molecule is CCCCCCCCCCCCCC(=O)OCC(CO)OC(=O)CCCCCCCCCCCCC.CCCCCCCCCCCCCC(=O)OCC(COC(=O)CCN=[N+]=[N-])OC(=O)CCCCCCCCCCCCC. The summed E-state index contributed by atoms with van der Waals surface area (Å²) in [6.45, 7) is 8.22. The summed E-state index contributed by atoms with van der Waals surface area (Å²) in [4.78, 5) is 63.2. The number of azide groups is 1. The van der Waals surface area contributed by atoms with Crippen molar-refractivity contribution in [2.24, 2.45) is 5.11 Å². The first kappa shape index (κ1) is 77.7. The monoisotopic (exact) mass is 1120 g/mol. The van der Waals surface area contributed by atoms with Crippen LogP contribution in [0.15, 0.2) is 5.11 Å². The molecule has 0 spiro atoms. The second kappa shape index (κ2) is 65.4. The van der Waals surface area contributed by atoms with E-state index < -0.39 is 18.2 Å². The minimum atomic E-state index is -0.857. The molecule has 0 heterocycles. The van der Waals surface area contributed by atoms with Gasteiger partial charge in [-0.05, 0) is 31.2 Å². The molecule has 1 N–H and O–H groups in total. The van der Waals surface area contributed by atoms with Gasteiger partial charge in [0.25, 0.3) is 0 Å². The van der Waals surface area contributed by atoms with E-state index >= 15 is 0 Å². The van der Waals surface area contributed by atoms with Crippen LogP contribution < -0.4 is 0 Å². The van der Waals surface area contributed by atoms with E-state index in [9.17, 15) is 29.1 Å². The summed E-state index contributed by atoms with van der Waals surface area (Å²) >= 11 is 0. The topological polar surface area (TPSA) is 200 Å². The average molecular weight is 1120 g/mol. The van der Waals surface area contributed by atoms with E-state index in [2.05, 4.69) is 37.7 Å². The molecule has 0 amide bonds. The highest BCUT2D eigenvalue weighted by Crippen LogP contribution is 2.17. The Hall–Kier alpha value is -3.38. The second-order valence-electron chi connectivity index (χ2n) is 22.3. The van der Waals surface area contributed by atoms with Crippen molar-refractivity contribution in [2.45, 2.75) is 355 Å². The molecule has 0 fully saturated rings. The fourth-order valence-corrected chi connectivity index (χ4v) is 9.42.